The molecule has 0 saturated carbocycles. The number of halogens is 3. The SMILES string of the molecule is CCNC(Cc1ccc(Cl)cc1Cl)c1ncccc1F. The van der Waals surface area contributed by atoms with Crippen LogP contribution in [0, 0.1) is 5.82 Å². The van der Waals surface area contributed by atoms with Gasteiger partial charge in [-0.15, -0.1) is 0 Å². The van der Waals surface area contributed by atoms with Crippen molar-refractivity contribution in [2.75, 3.05) is 6.54 Å². The van der Waals surface area contributed by atoms with Crippen molar-refractivity contribution in [1.29, 1.82) is 0 Å². The third-order valence-corrected chi connectivity index (χ3v) is 3.59. The fraction of sp³-hybridized carbons (Fsp3) is 0.267. The lowest BCUT2D eigenvalue weighted by molar-refractivity contribution is 0.494. The Morgan fingerprint density at radius 1 is 1.30 bits per heavy atom. The third-order valence-electron chi connectivity index (χ3n) is 3.01. The predicted molar refractivity (Wildman–Crippen MR) is 80.8 cm³/mol. The van der Waals surface area contributed by atoms with Crippen molar-refractivity contribution < 1.29 is 4.39 Å². The summed E-state index contributed by atoms with van der Waals surface area (Å²) in [5, 5.41) is 4.40. The van der Waals surface area contributed by atoms with Gasteiger partial charge in [-0.05, 0) is 42.8 Å². The molecule has 0 aliphatic rings. The highest BCUT2D eigenvalue weighted by Gasteiger charge is 2.18. The van der Waals surface area contributed by atoms with Crippen molar-refractivity contribution in [2.24, 2.45) is 0 Å². The van der Waals surface area contributed by atoms with Gasteiger partial charge in [0.05, 0.1) is 11.7 Å². The van der Waals surface area contributed by atoms with Gasteiger partial charge >= 0.3 is 0 Å². The number of pyridine rings is 1. The number of rotatable bonds is 5. The molecule has 0 spiro atoms. The van der Waals surface area contributed by atoms with E-state index in [2.05, 4.69) is 10.3 Å². The lowest BCUT2D eigenvalue weighted by atomic mass is 10.0. The first kappa shape index (κ1) is 15.2. The summed E-state index contributed by atoms with van der Waals surface area (Å²) in [5.74, 6) is -0.316. The maximum absolute atomic E-state index is 13.9. The van der Waals surface area contributed by atoms with Crippen LogP contribution in [0.2, 0.25) is 10.0 Å². The largest absolute Gasteiger partial charge is 0.309 e. The van der Waals surface area contributed by atoms with E-state index in [9.17, 15) is 4.39 Å². The summed E-state index contributed by atoms with van der Waals surface area (Å²) in [7, 11) is 0. The standard InChI is InChI=1S/C15H15Cl2FN2/c1-2-19-14(15-13(18)4-3-7-20-15)8-10-5-6-11(16)9-12(10)17/h3-7,9,14,19H,2,8H2,1H3. The van der Waals surface area contributed by atoms with Crippen molar-refractivity contribution in [3.8, 4) is 0 Å². The molecule has 106 valence electrons. The van der Waals surface area contributed by atoms with Gasteiger partial charge in [-0.25, -0.2) is 4.39 Å². The number of aromatic nitrogens is 1. The molecule has 0 aliphatic carbocycles. The number of hydrogen-bond donors (Lipinski definition) is 1. The zero-order valence-corrected chi connectivity index (χ0v) is 12.5. The van der Waals surface area contributed by atoms with Crippen LogP contribution in [0.4, 0.5) is 4.39 Å². The molecule has 1 aromatic carbocycles. The van der Waals surface area contributed by atoms with Gasteiger partial charge in [-0.3, -0.25) is 4.98 Å². The van der Waals surface area contributed by atoms with E-state index in [4.69, 9.17) is 23.2 Å². The maximum atomic E-state index is 13.9. The Bertz CT molecular complexity index is 590. The molecule has 2 nitrogen and oxygen atoms in total. The average molecular weight is 313 g/mol. The van der Waals surface area contributed by atoms with E-state index in [1.54, 1.807) is 24.4 Å². The molecule has 20 heavy (non-hydrogen) atoms. The van der Waals surface area contributed by atoms with Crippen molar-refractivity contribution in [3.05, 3.63) is 63.6 Å². The lowest BCUT2D eigenvalue weighted by Crippen LogP contribution is -2.25. The van der Waals surface area contributed by atoms with Gasteiger partial charge in [0.25, 0.3) is 0 Å². The zero-order chi connectivity index (χ0) is 14.5. The summed E-state index contributed by atoms with van der Waals surface area (Å²) in [6.45, 7) is 2.68. The molecule has 5 heteroatoms. The van der Waals surface area contributed by atoms with Crippen molar-refractivity contribution in [2.45, 2.75) is 19.4 Å². The molecule has 0 amide bonds. The summed E-state index contributed by atoms with van der Waals surface area (Å²) in [6.07, 6.45) is 2.14. The average Bonchev–Trinajstić information content (AvgIpc) is 2.42. The van der Waals surface area contributed by atoms with Crippen molar-refractivity contribution in [1.82, 2.24) is 10.3 Å². The highest BCUT2D eigenvalue weighted by atomic mass is 35.5. The molecule has 1 unspecified atom stereocenters. The molecule has 1 aromatic heterocycles. The lowest BCUT2D eigenvalue weighted by Gasteiger charge is -2.18. The summed E-state index contributed by atoms with van der Waals surface area (Å²) in [5.41, 5.74) is 1.31. The van der Waals surface area contributed by atoms with Gasteiger partial charge in [-0.1, -0.05) is 36.2 Å². The Morgan fingerprint density at radius 3 is 2.75 bits per heavy atom. The molecule has 0 saturated heterocycles. The van der Waals surface area contributed by atoms with Gasteiger partial charge in [0.15, 0.2) is 0 Å². The topological polar surface area (TPSA) is 24.9 Å². The second-order valence-electron chi connectivity index (χ2n) is 4.42. The Morgan fingerprint density at radius 2 is 2.10 bits per heavy atom. The smallest absolute Gasteiger partial charge is 0.146 e. The Balaban J connectivity index is 2.28. The predicted octanol–water partition coefficient (Wildman–Crippen LogP) is 4.42. The molecular weight excluding hydrogens is 298 g/mol. The second-order valence-corrected chi connectivity index (χ2v) is 5.26. The minimum atomic E-state index is -0.316. The highest BCUT2D eigenvalue weighted by Crippen LogP contribution is 2.26. The Kier molecular flexibility index (Phi) is 5.35. The Labute approximate surface area is 127 Å². The van der Waals surface area contributed by atoms with Gasteiger partial charge in [0.1, 0.15) is 5.82 Å². The summed E-state index contributed by atoms with van der Waals surface area (Å²) >= 11 is 12.1. The van der Waals surface area contributed by atoms with Crippen molar-refractivity contribution >= 4 is 23.2 Å². The van der Waals surface area contributed by atoms with E-state index in [-0.39, 0.29) is 11.9 Å². The molecule has 1 heterocycles. The minimum absolute atomic E-state index is 0.222. The number of likely N-dealkylation sites (N-methyl/N-ethyl adjacent to an activating group) is 1. The highest BCUT2D eigenvalue weighted by molar-refractivity contribution is 6.35. The van der Waals surface area contributed by atoms with Crippen molar-refractivity contribution in [3.63, 3.8) is 0 Å². The molecule has 0 bridgehead atoms. The first-order valence-electron chi connectivity index (χ1n) is 6.39. The first-order chi connectivity index (χ1) is 9.61. The van der Waals surface area contributed by atoms with E-state index in [1.807, 2.05) is 13.0 Å². The van der Waals surface area contributed by atoms with Crippen LogP contribution >= 0.6 is 23.2 Å². The van der Waals surface area contributed by atoms with Gasteiger partial charge in [0, 0.05) is 16.2 Å². The van der Waals surface area contributed by atoms with Gasteiger partial charge in [-0.2, -0.15) is 0 Å². The maximum Gasteiger partial charge on any atom is 0.146 e. The molecule has 2 rings (SSSR count). The van der Waals surface area contributed by atoms with Crippen LogP contribution in [-0.2, 0) is 6.42 Å². The molecule has 1 atom stereocenters. The number of hydrogen-bond acceptors (Lipinski definition) is 2. The van der Waals surface area contributed by atoms with Crippen LogP contribution in [-0.4, -0.2) is 11.5 Å². The van der Waals surface area contributed by atoms with Crippen LogP contribution in [0.5, 0.6) is 0 Å². The van der Waals surface area contributed by atoms with Crippen LogP contribution in [0.15, 0.2) is 36.5 Å². The molecule has 0 fully saturated rings. The minimum Gasteiger partial charge on any atom is -0.309 e. The summed E-state index contributed by atoms with van der Waals surface area (Å²) < 4.78 is 13.9. The van der Waals surface area contributed by atoms with Gasteiger partial charge in [0.2, 0.25) is 0 Å². The normalized spacial score (nSPS) is 12.4. The van der Waals surface area contributed by atoms with E-state index in [1.165, 1.54) is 6.07 Å². The fourth-order valence-corrected chi connectivity index (χ4v) is 2.56. The number of nitrogens with one attached hydrogen (secondary N) is 1. The van der Waals surface area contributed by atoms with E-state index in [0.29, 0.717) is 28.7 Å². The third kappa shape index (κ3) is 3.69. The van der Waals surface area contributed by atoms with Crippen LogP contribution < -0.4 is 5.32 Å². The van der Waals surface area contributed by atoms with E-state index >= 15 is 0 Å². The monoisotopic (exact) mass is 312 g/mol. The Hall–Kier alpha value is -1.16. The number of benzene rings is 1. The number of nitrogens with zero attached hydrogens (tertiary/aromatic N) is 1. The van der Waals surface area contributed by atoms with Gasteiger partial charge < -0.3 is 5.32 Å². The van der Waals surface area contributed by atoms with Crippen LogP contribution in [0.1, 0.15) is 24.2 Å². The molecular formula is C15H15Cl2FN2. The quantitative estimate of drug-likeness (QED) is 0.884. The van der Waals surface area contributed by atoms with Crippen LogP contribution in [0.25, 0.3) is 0 Å². The molecule has 2 aromatic rings. The van der Waals surface area contributed by atoms with E-state index in [0.717, 1.165) is 5.56 Å². The first-order valence-corrected chi connectivity index (χ1v) is 7.15. The zero-order valence-electron chi connectivity index (χ0n) is 11.0. The fourth-order valence-electron chi connectivity index (χ4n) is 2.07. The summed E-state index contributed by atoms with van der Waals surface area (Å²) in [6, 6.07) is 8.10. The summed E-state index contributed by atoms with van der Waals surface area (Å²) in [4.78, 5) is 4.13. The van der Waals surface area contributed by atoms with E-state index < -0.39 is 0 Å². The van der Waals surface area contributed by atoms with Crippen LogP contribution in [0.3, 0.4) is 0 Å². The molecule has 0 radical (unpaired) electrons. The second kappa shape index (κ2) is 7.02. The molecule has 0 aliphatic heterocycles. The molecule has 1 N–H and O–H groups in total.